The average molecular weight is 369 g/mol. The van der Waals surface area contributed by atoms with Gasteiger partial charge in [-0.3, -0.25) is 19.1 Å². The van der Waals surface area contributed by atoms with Gasteiger partial charge in [0.25, 0.3) is 5.56 Å². The fourth-order valence-electron chi connectivity index (χ4n) is 2.52. The van der Waals surface area contributed by atoms with Gasteiger partial charge in [-0.05, 0) is 37.6 Å². The van der Waals surface area contributed by atoms with Crippen LogP contribution in [0.15, 0.2) is 58.7 Å². The van der Waals surface area contributed by atoms with Crippen LogP contribution in [-0.2, 0) is 16.1 Å². The summed E-state index contributed by atoms with van der Waals surface area (Å²) >= 11 is 1.22. The summed E-state index contributed by atoms with van der Waals surface area (Å²) in [7, 11) is 0. The number of hydrogen-bond acceptors (Lipinski definition) is 6. The first kappa shape index (κ1) is 18.1. The van der Waals surface area contributed by atoms with Gasteiger partial charge < -0.3 is 4.74 Å². The van der Waals surface area contributed by atoms with Crippen LogP contribution in [0.1, 0.15) is 19.4 Å². The van der Waals surface area contributed by atoms with Crippen molar-refractivity contribution in [3.63, 3.8) is 0 Å². The second-order valence-corrected chi connectivity index (χ2v) is 6.98. The monoisotopic (exact) mass is 369 g/mol. The molecule has 0 spiro atoms. The van der Waals surface area contributed by atoms with Gasteiger partial charge in [-0.1, -0.05) is 30.0 Å². The van der Waals surface area contributed by atoms with E-state index < -0.39 is 5.25 Å². The van der Waals surface area contributed by atoms with Gasteiger partial charge in [0.05, 0.1) is 24.1 Å². The standard InChI is InChI=1S/C19H19N3O3S/c1-3-25-18(24)13(2)26-19-21-16-9-5-4-8-15(16)17(23)22(19)12-14-7-6-10-20-11-14/h4-11,13H,3,12H2,1-2H3/t13-/m0/s1. The van der Waals surface area contributed by atoms with E-state index in [1.807, 2.05) is 24.3 Å². The lowest BCUT2D eigenvalue weighted by Crippen LogP contribution is -2.26. The Morgan fingerprint density at radius 3 is 2.81 bits per heavy atom. The maximum absolute atomic E-state index is 13.0. The fourth-order valence-corrected chi connectivity index (χ4v) is 3.42. The molecule has 0 amide bonds. The number of hydrogen-bond donors (Lipinski definition) is 0. The number of thioether (sulfide) groups is 1. The smallest absolute Gasteiger partial charge is 0.319 e. The lowest BCUT2D eigenvalue weighted by atomic mass is 10.2. The van der Waals surface area contributed by atoms with Crippen LogP contribution in [0.5, 0.6) is 0 Å². The van der Waals surface area contributed by atoms with Crippen LogP contribution < -0.4 is 5.56 Å². The van der Waals surface area contributed by atoms with Crippen molar-refractivity contribution in [2.24, 2.45) is 0 Å². The number of aromatic nitrogens is 3. The molecule has 3 aromatic rings. The first-order chi connectivity index (χ1) is 12.6. The zero-order chi connectivity index (χ0) is 18.5. The van der Waals surface area contributed by atoms with Crippen molar-refractivity contribution in [1.82, 2.24) is 14.5 Å². The van der Waals surface area contributed by atoms with Gasteiger partial charge >= 0.3 is 5.97 Å². The van der Waals surface area contributed by atoms with Gasteiger partial charge in [0.2, 0.25) is 0 Å². The minimum Gasteiger partial charge on any atom is -0.465 e. The number of nitrogens with zero attached hydrogens (tertiary/aromatic N) is 3. The first-order valence-corrected chi connectivity index (χ1v) is 9.20. The predicted octanol–water partition coefficient (Wildman–Crippen LogP) is 2.88. The molecule has 0 unspecified atom stereocenters. The normalized spacial score (nSPS) is 12.1. The number of benzene rings is 1. The highest BCUT2D eigenvalue weighted by atomic mass is 32.2. The summed E-state index contributed by atoms with van der Waals surface area (Å²) in [6, 6.07) is 10.9. The molecule has 6 nitrogen and oxygen atoms in total. The lowest BCUT2D eigenvalue weighted by molar-refractivity contribution is -0.142. The van der Waals surface area contributed by atoms with E-state index in [0.717, 1.165) is 5.56 Å². The number of ether oxygens (including phenoxy) is 1. The highest BCUT2D eigenvalue weighted by Crippen LogP contribution is 2.24. The van der Waals surface area contributed by atoms with Crippen LogP contribution in [0.3, 0.4) is 0 Å². The maximum Gasteiger partial charge on any atom is 0.319 e. The van der Waals surface area contributed by atoms with E-state index in [0.29, 0.717) is 29.2 Å². The molecule has 1 atom stereocenters. The van der Waals surface area contributed by atoms with Gasteiger partial charge in [-0.2, -0.15) is 0 Å². The van der Waals surface area contributed by atoms with Crippen molar-refractivity contribution in [2.45, 2.75) is 30.8 Å². The van der Waals surface area contributed by atoms with Crippen molar-refractivity contribution in [3.8, 4) is 0 Å². The Labute approximate surface area is 155 Å². The van der Waals surface area contributed by atoms with Gasteiger partial charge in [-0.25, -0.2) is 4.98 Å². The number of esters is 1. The molecule has 0 bridgehead atoms. The number of carbonyl (C=O) groups excluding carboxylic acids is 1. The van der Waals surface area contributed by atoms with Crippen LogP contribution >= 0.6 is 11.8 Å². The summed E-state index contributed by atoms with van der Waals surface area (Å²) in [5.74, 6) is -0.326. The Hall–Kier alpha value is -2.67. The molecule has 3 rings (SSSR count). The second kappa shape index (κ2) is 8.14. The van der Waals surface area contributed by atoms with Gasteiger partial charge in [0.1, 0.15) is 5.25 Å². The van der Waals surface area contributed by atoms with Crippen LogP contribution in [0.4, 0.5) is 0 Å². The highest BCUT2D eigenvalue weighted by molar-refractivity contribution is 8.00. The van der Waals surface area contributed by atoms with Gasteiger partial charge in [-0.15, -0.1) is 0 Å². The van der Waals surface area contributed by atoms with Crippen LogP contribution in [0, 0.1) is 0 Å². The third-order valence-corrected chi connectivity index (χ3v) is 4.86. The molecule has 0 saturated heterocycles. The van der Waals surface area contributed by atoms with E-state index in [9.17, 15) is 9.59 Å². The zero-order valence-corrected chi connectivity index (χ0v) is 15.4. The van der Waals surface area contributed by atoms with Crippen LogP contribution in [0.25, 0.3) is 10.9 Å². The Bertz CT molecular complexity index is 973. The topological polar surface area (TPSA) is 74.1 Å². The Morgan fingerprint density at radius 2 is 2.08 bits per heavy atom. The summed E-state index contributed by atoms with van der Waals surface area (Å²) < 4.78 is 6.65. The maximum atomic E-state index is 13.0. The Morgan fingerprint density at radius 1 is 1.27 bits per heavy atom. The van der Waals surface area contributed by atoms with Crippen LogP contribution in [0.2, 0.25) is 0 Å². The predicted molar refractivity (Wildman–Crippen MR) is 101 cm³/mol. The SMILES string of the molecule is CCOC(=O)[C@H](C)Sc1nc2ccccc2c(=O)n1Cc1cccnc1. The number of para-hydroxylation sites is 1. The average Bonchev–Trinajstić information content (AvgIpc) is 2.66. The third kappa shape index (κ3) is 3.94. The number of fused-ring (bicyclic) bond motifs is 1. The Balaban J connectivity index is 2.05. The van der Waals surface area contributed by atoms with Crippen molar-refractivity contribution >= 4 is 28.6 Å². The third-order valence-electron chi connectivity index (χ3n) is 3.79. The largest absolute Gasteiger partial charge is 0.465 e. The minimum absolute atomic E-state index is 0.141. The highest BCUT2D eigenvalue weighted by Gasteiger charge is 2.20. The summed E-state index contributed by atoms with van der Waals surface area (Å²) in [5, 5.41) is 0.561. The van der Waals surface area contributed by atoms with Crippen molar-refractivity contribution in [2.75, 3.05) is 6.61 Å². The molecular formula is C19H19N3O3S. The number of carbonyl (C=O) groups is 1. The van der Waals surface area contributed by atoms with Crippen molar-refractivity contribution in [1.29, 1.82) is 0 Å². The molecule has 2 aromatic heterocycles. The number of pyridine rings is 1. The molecule has 7 heteroatoms. The summed E-state index contributed by atoms with van der Waals surface area (Å²) in [6.45, 7) is 4.17. The zero-order valence-electron chi connectivity index (χ0n) is 14.6. The molecule has 2 heterocycles. The van der Waals surface area contributed by atoms with Gasteiger partial charge in [0.15, 0.2) is 5.16 Å². The number of rotatable bonds is 6. The molecule has 0 fully saturated rings. The molecule has 0 aliphatic carbocycles. The first-order valence-electron chi connectivity index (χ1n) is 8.32. The van der Waals surface area contributed by atoms with Crippen molar-refractivity contribution in [3.05, 3.63) is 64.7 Å². The van der Waals surface area contributed by atoms with E-state index in [-0.39, 0.29) is 11.5 Å². The molecule has 0 N–H and O–H groups in total. The summed E-state index contributed by atoms with van der Waals surface area (Å²) in [5.41, 5.74) is 1.36. The fraction of sp³-hybridized carbons (Fsp3) is 0.263. The molecule has 0 radical (unpaired) electrons. The van der Waals surface area contributed by atoms with E-state index in [1.165, 1.54) is 11.8 Å². The molecule has 26 heavy (non-hydrogen) atoms. The Kier molecular flexibility index (Phi) is 5.68. The summed E-state index contributed by atoms with van der Waals surface area (Å²) in [6.07, 6.45) is 3.40. The second-order valence-electron chi connectivity index (χ2n) is 5.68. The van der Waals surface area contributed by atoms with E-state index in [4.69, 9.17) is 4.74 Å². The molecule has 1 aromatic carbocycles. The molecule has 0 saturated carbocycles. The van der Waals surface area contributed by atoms with Crippen molar-refractivity contribution < 1.29 is 9.53 Å². The van der Waals surface area contributed by atoms with Crippen LogP contribution in [-0.4, -0.2) is 32.4 Å². The van der Waals surface area contributed by atoms with E-state index >= 15 is 0 Å². The molecule has 0 aliphatic rings. The molecule has 134 valence electrons. The van der Waals surface area contributed by atoms with Gasteiger partial charge in [0, 0.05) is 12.4 Å². The lowest BCUT2D eigenvalue weighted by Gasteiger charge is -2.15. The minimum atomic E-state index is -0.469. The quantitative estimate of drug-likeness (QED) is 0.378. The van der Waals surface area contributed by atoms with E-state index in [1.54, 1.807) is 42.9 Å². The molecule has 0 aliphatic heterocycles. The molecular weight excluding hydrogens is 350 g/mol. The summed E-state index contributed by atoms with van der Waals surface area (Å²) in [4.78, 5) is 33.7. The van der Waals surface area contributed by atoms with E-state index in [2.05, 4.69) is 9.97 Å².